The Morgan fingerprint density at radius 3 is 2.29 bits per heavy atom. The van der Waals surface area contributed by atoms with Crippen molar-refractivity contribution in [2.24, 2.45) is 17.8 Å². The van der Waals surface area contributed by atoms with Crippen LogP contribution in [-0.2, 0) is 9.53 Å². The summed E-state index contributed by atoms with van der Waals surface area (Å²) in [4.78, 5) is 11.4. The molecule has 1 rings (SSSR count). The van der Waals surface area contributed by atoms with E-state index in [0.29, 0.717) is 5.92 Å². The van der Waals surface area contributed by atoms with E-state index in [1.807, 2.05) is 6.92 Å². The van der Waals surface area contributed by atoms with Crippen LogP contribution in [0.15, 0.2) is 0 Å². The van der Waals surface area contributed by atoms with Crippen LogP contribution >= 0.6 is 0 Å². The van der Waals surface area contributed by atoms with Crippen molar-refractivity contribution in [1.29, 1.82) is 0 Å². The zero-order chi connectivity index (χ0) is 10.6. The number of rotatable bonds is 3. The highest BCUT2D eigenvalue weighted by Crippen LogP contribution is 2.33. The molecule has 2 unspecified atom stereocenters. The second-order valence-corrected chi connectivity index (χ2v) is 4.57. The lowest BCUT2D eigenvalue weighted by atomic mass is 9.75. The Labute approximate surface area is 87.0 Å². The predicted molar refractivity (Wildman–Crippen MR) is 56.9 cm³/mol. The summed E-state index contributed by atoms with van der Waals surface area (Å²) in [6, 6.07) is 0. The Balaban J connectivity index is 2.45. The molecule has 0 aromatic carbocycles. The molecule has 0 amide bonds. The van der Waals surface area contributed by atoms with E-state index < -0.39 is 0 Å². The van der Waals surface area contributed by atoms with Crippen molar-refractivity contribution in [2.75, 3.05) is 7.11 Å². The summed E-state index contributed by atoms with van der Waals surface area (Å²) in [5.74, 6) is 1.21. The van der Waals surface area contributed by atoms with Crippen LogP contribution in [0.3, 0.4) is 0 Å². The van der Waals surface area contributed by atoms with Gasteiger partial charge < -0.3 is 4.74 Å². The third-order valence-electron chi connectivity index (χ3n) is 3.76. The van der Waals surface area contributed by atoms with Gasteiger partial charge >= 0.3 is 5.97 Å². The molecular formula is C12H22O2. The summed E-state index contributed by atoms with van der Waals surface area (Å²) >= 11 is 0. The van der Waals surface area contributed by atoms with Crippen LogP contribution in [0.1, 0.15) is 46.0 Å². The largest absolute Gasteiger partial charge is 0.469 e. The third kappa shape index (κ3) is 2.73. The summed E-state index contributed by atoms with van der Waals surface area (Å²) in [5.41, 5.74) is 0. The van der Waals surface area contributed by atoms with Gasteiger partial charge in [-0.2, -0.15) is 0 Å². The summed E-state index contributed by atoms with van der Waals surface area (Å²) in [7, 11) is 1.48. The Morgan fingerprint density at radius 2 is 1.79 bits per heavy atom. The lowest BCUT2D eigenvalue weighted by Gasteiger charge is -2.30. The van der Waals surface area contributed by atoms with Crippen LogP contribution in [0.2, 0.25) is 0 Å². The molecule has 2 nitrogen and oxygen atoms in total. The number of esters is 1. The second kappa shape index (κ2) is 5.38. The topological polar surface area (TPSA) is 26.3 Å². The average Bonchev–Trinajstić information content (AvgIpc) is 2.27. The normalized spacial score (nSPS) is 22.8. The fourth-order valence-electron chi connectivity index (χ4n) is 2.47. The maximum absolute atomic E-state index is 11.4. The fraction of sp³-hybridized carbons (Fsp3) is 0.917. The van der Waals surface area contributed by atoms with Gasteiger partial charge in [0.2, 0.25) is 0 Å². The van der Waals surface area contributed by atoms with E-state index in [1.165, 1.54) is 39.2 Å². The van der Waals surface area contributed by atoms with Gasteiger partial charge in [0, 0.05) is 0 Å². The molecule has 1 aliphatic rings. The predicted octanol–water partition coefficient (Wildman–Crippen LogP) is 3.01. The van der Waals surface area contributed by atoms with Crippen LogP contribution in [0.5, 0.6) is 0 Å². The summed E-state index contributed by atoms with van der Waals surface area (Å²) in [5, 5.41) is 0. The average molecular weight is 198 g/mol. The highest BCUT2D eigenvalue weighted by molar-refractivity contribution is 5.72. The molecule has 0 bridgehead atoms. The maximum atomic E-state index is 11.4. The molecule has 82 valence electrons. The van der Waals surface area contributed by atoms with Gasteiger partial charge in [-0.3, -0.25) is 4.79 Å². The van der Waals surface area contributed by atoms with Crippen LogP contribution in [0.4, 0.5) is 0 Å². The number of ether oxygens (including phenoxy) is 1. The Bertz CT molecular complexity index is 183. The van der Waals surface area contributed by atoms with Crippen LogP contribution in [0, 0.1) is 17.8 Å². The Kier molecular flexibility index (Phi) is 4.43. The SMILES string of the molecule is COC(=O)C(C)C(C)C1CCCCC1. The number of carbonyl (C=O) groups is 1. The molecule has 1 aliphatic carbocycles. The molecule has 1 fully saturated rings. The van der Waals surface area contributed by atoms with Crippen molar-refractivity contribution >= 4 is 5.97 Å². The standard InChI is InChI=1S/C12H22O2/c1-9(10(2)12(13)14-3)11-7-5-4-6-8-11/h9-11H,4-8H2,1-3H3. The molecule has 0 heterocycles. The molecular weight excluding hydrogens is 176 g/mol. The van der Waals surface area contributed by atoms with Gasteiger partial charge in [-0.1, -0.05) is 46.0 Å². The molecule has 0 aromatic rings. The first-order valence-electron chi connectivity index (χ1n) is 5.74. The zero-order valence-corrected chi connectivity index (χ0v) is 9.58. The fourth-order valence-corrected chi connectivity index (χ4v) is 2.47. The lowest BCUT2D eigenvalue weighted by molar-refractivity contribution is -0.147. The van der Waals surface area contributed by atoms with Crippen molar-refractivity contribution in [3.05, 3.63) is 0 Å². The number of methoxy groups -OCH3 is 1. The molecule has 14 heavy (non-hydrogen) atoms. The minimum Gasteiger partial charge on any atom is -0.469 e. The smallest absolute Gasteiger partial charge is 0.308 e. The van der Waals surface area contributed by atoms with Crippen LogP contribution < -0.4 is 0 Å². The summed E-state index contributed by atoms with van der Waals surface area (Å²) in [6.07, 6.45) is 6.63. The molecule has 1 saturated carbocycles. The van der Waals surface area contributed by atoms with Crippen molar-refractivity contribution in [2.45, 2.75) is 46.0 Å². The third-order valence-corrected chi connectivity index (χ3v) is 3.76. The first-order valence-corrected chi connectivity index (χ1v) is 5.74. The van der Waals surface area contributed by atoms with Gasteiger partial charge in [0.1, 0.15) is 0 Å². The van der Waals surface area contributed by atoms with E-state index in [1.54, 1.807) is 0 Å². The number of carbonyl (C=O) groups excluding carboxylic acids is 1. The summed E-state index contributed by atoms with van der Waals surface area (Å²) in [6.45, 7) is 4.18. The van der Waals surface area contributed by atoms with E-state index in [4.69, 9.17) is 4.74 Å². The molecule has 2 heteroatoms. The maximum Gasteiger partial charge on any atom is 0.308 e. The van der Waals surface area contributed by atoms with E-state index in [2.05, 4.69) is 6.92 Å². The van der Waals surface area contributed by atoms with Crippen molar-refractivity contribution in [1.82, 2.24) is 0 Å². The molecule has 0 saturated heterocycles. The van der Waals surface area contributed by atoms with Gasteiger partial charge in [-0.05, 0) is 11.8 Å². The minimum absolute atomic E-state index is 0.0527. The first kappa shape index (κ1) is 11.5. The molecule has 0 spiro atoms. The summed E-state index contributed by atoms with van der Waals surface area (Å²) < 4.78 is 4.79. The van der Waals surface area contributed by atoms with Crippen LogP contribution in [0.25, 0.3) is 0 Å². The highest BCUT2D eigenvalue weighted by atomic mass is 16.5. The van der Waals surface area contributed by atoms with Crippen molar-refractivity contribution in [3.8, 4) is 0 Å². The van der Waals surface area contributed by atoms with Crippen molar-refractivity contribution < 1.29 is 9.53 Å². The monoisotopic (exact) mass is 198 g/mol. The van der Waals surface area contributed by atoms with E-state index >= 15 is 0 Å². The molecule has 0 aromatic heterocycles. The van der Waals surface area contributed by atoms with Gasteiger partial charge in [0.25, 0.3) is 0 Å². The highest BCUT2D eigenvalue weighted by Gasteiger charge is 2.28. The van der Waals surface area contributed by atoms with Gasteiger partial charge in [0.05, 0.1) is 13.0 Å². The van der Waals surface area contributed by atoms with Gasteiger partial charge in [-0.25, -0.2) is 0 Å². The van der Waals surface area contributed by atoms with E-state index in [0.717, 1.165) is 5.92 Å². The zero-order valence-electron chi connectivity index (χ0n) is 9.58. The molecule has 0 aliphatic heterocycles. The lowest BCUT2D eigenvalue weighted by Crippen LogP contribution is -2.27. The van der Waals surface area contributed by atoms with E-state index in [9.17, 15) is 4.79 Å². The molecule has 0 radical (unpaired) electrons. The van der Waals surface area contributed by atoms with Crippen molar-refractivity contribution in [3.63, 3.8) is 0 Å². The quantitative estimate of drug-likeness (QED) is 0.652. The number of hydrogen-bond acceptors (Lipinski definition) is 2. The van der Waals surface area contributed by atoms with Crippen LogP contribution in [-0.4, -0.2) is 13.1 Å². The molecule has 0 N–H and O–H groups in total. The van der Waals surface area contributed by atoms with E-state index in [-0.39, 0.29) is 11.9 Å². The minimum atomic E-state index is -0.0527. The Hall–Kier alpha value is -0.530. The Morgan fingerprint density at radius 1 is 1.21 bits per heavy atom. The van der Waals surface area contributed by atoms with Gasteiger partial charge in [0.15, 0.2) is 0 Å². The number of hydrogen-bond donors (Lipinski definition) is 0. The van der Waals surface area contributed by atoms with Gasteiger partial charge in [-0.15, -0.1) is 0 Å². The second-order valence-electron chi connectivity index (χ2n) is 4.57. The first-order chi connectivity index (χ1) is 6.66. The molecule has 2 atom stereocenters.